The first-order valence-corrected chi connectivity index (χ1v) is 9.81. The van der Waals surface area contributed by atoms with Crippen LogP contribution in [0.15, 0.2) is 75.9 Å². The van der Waals surface area contributed by atoms with E-state index in [0.29, 0.717) is 41.1 Å². The highest BCUT2D eigenvalue weighted by Crippen LogP contribution is 2.28. The molecule has 0 spiro atoms. The minimum absolute atomic E-state index is 0.269. The van der Waals surface area contributed by atoms with Crippen molar-refractivity contribution in [2.24, 2.45) is 0 Å². The second-order valence-electron chi connectivity index (χ2n) is 6.76. The van der Waals surface area contributed by atoms with Gasteiger partial charge < -0.3 is 23.7 Å². The number of benzene rings is 2. The maximum atomic E-state index is 12.5. The summed E-state index contributed by atoms with van der Waals surface area (Å²) in [6, 6.07) is 16.4. The number of hydrogen-bond acceptors (Lipinski definition) is 7. The van der Waals surface area contributed by atoms with Crippen molar-refractivity contribution in [2.75, 3.05) is 19.5 Å². The van der Waals surface area contributed by atoms with Crippen LogP contribution in [0, 0.1) is 0 Å². The number of carbonyl (C=O) groups excluding carboxylic acids is 1. The first-order valence-electron chi connectivity index (χ1n) is 9.81. The van der Waals surface area contributed by atoms with E-state index in [2.05, 4.69) is 15.5 Å². The third kappa shape index (κ3) is 4.86. The number of methoxy groups -OCH3 is 2. The van der Waals surface area contributed by atoms with Crippen molar-refractivity contribution in [3.05, 3.63) is 84.0 Å². The van der Waals surface area contributed by atoms with Crippen molar-refractivity contribution in [3.63, 3.8) is 0 Å². The smallest absolute Gasteiger partial charge is 0.248 e. The lowest BCUT2D eigenvalue weighted by Gasteiger charge is -2.09. The monoisotopic (exact) mass is 431 g/mol. The topological polar surface area (TPSA) is 99.6 Å². The second kappa shape index (κ2) is 9.65. The van der Waals surface area contributed by atoms with Gasteiger partial charge >= 0.3 is 0 Å². The summed E-state index contributed by atoms with van der Waals surface area (Å²) in [4.78, 5) is 16.9. The number of carbonyl (C=O) groups is 1. The molecule has 162 valence electrons. The summed E-state index contributed by atoms with van der Waals surface area (Å²) in [6.07, 6.45) is 5.07. The molecule has 1 amide bonds. The van der Waals surface area contributed by atoms with E-state index < -0.39 is 0 Å². The molecule has 4 rings (SSSR count). The van der Waals surface area contributed by atoms with Gasteiger partial charge in [0.2, 0.25) is 17.6 Å². The molecule has 32 heavy (non-hydrogen) atoms. The number of para-hydroxylation sites is 1. The van der Waals surface area contributed by atoms with Crippen LogP contribution >= 0.6 is 0 Å². The number of ether oxygens (including phenoxy) is 2. The summed E-state index contributed by atoms with van der Waals surface area (Å²) in [5, 5.41) is 6.83. The Bertz CT molecular complexity index is 1230. The zero-order valence-corrected chi connectivity index (χ0v) is 17.6. The number of anilines is 1. The third-order valence-electron chi connectivity index (χ3n) is 4.66. The van der Waals surface area contributed by atoms with Crippen LogP contribution in [-0.2, 0) is 11.2 Å². The molecule has 0 aliphatic rings. The van der Waals surface area contributed by atoms with Gasteiger partial charge in [-0.25, -0.2) is 0 Å². The molecule has 0 saturated carbocycles. The van der Waals surface area contributed by atoms with E-state index in [1.165, 1.54) is 6.08 Å². The molecule has 2 aromatic heterocycles. The zero-order chi connectivity index (χ0) is 22.3. The molecule has 0 fully saturated rings. The van der Waals surface area contributed by atoms with Crippen LogP contribution in [0.25, 0.3) is 17.7 Å². The van der Waals surface area contributed by atoms with Crippen LogP contribution in [0.5, 0.6) is 11.5 Å². The number of furan rings is 1. The first kappa shape index (κ1) is 20.9. The summed E-state index contributed by atoms with van der Waals surface area (Å²) >= 11 is 0. The number of hydrogen-bond donors (Lipinski definition) is 1. The number of nitrogens with one attached hydrogen (secondary N) is 1. The third-order valence-corrected chi connectivity index (χ3v) is 4.66. The highest BCUT2D eigenvalue weighted by Gasteiger charge is 2.13. The zero-order valence-electron chi connectivity index (χ0n) is 17.6. The highest BCUT2D eigenvalue weighted by molar-refractivity contribution is 6.02. The van der Waals surface area contributed by atoms with E-state index in [0.717, 1.165) is 11.1 Å². The number of rotatable bonds is 8. The number of amides is 1. The van der Waals surface area contributed by atoms with E-state index in [9.17, 15) is 4.79 Å². The molecule has 0 aliphatic carbocycles. The van der Waals surface area contributed by atoms with Gasteiger partial charge in [0.05, 0.1) is 26.9 Å². The fourth-order valence-corrected chi connectivity index (χ4v) is 3.09. The van der Waals surface area contributed by atoms with Gasteiger partial charge in [0, 0.05) is 11.8 Å². The summed E-state index contributed by atoms with van der Waals surface area (Å²) in [5.41, 5.74) is 2.31. The Morgan fingerprint density at radius 1 is 1.06 bits per heavy atom. The maximum Gasteiger partial charge on any atom is 0.248 e. The summed E-state index contributed by atoms with van der Waals surface area (Å²) < 4.78 is 21.1. The molecule has 0 unspecified atom stereocenters. The molecule has 2 heterocycles. The van der Waals surface area contributed by atoms with Crippen LogP contribution in [0.4, 0.5) is 5.69 Å². The van der Waals surface area contributed by atoms with Crippen molar-refractivity contribution in [3.8, 4) is 23.1 Å². The quantitative estimate of drug-likeness (QED) is 0.407. The normalized spacial score (nSPS) is 10.9. The molecule has 0 radical (unpaired) electrons. The van der Waals surface area contributed by atoms with Crippen LogP contribution < -0.4 is 14.8 Å². The minimum atomic E-state index is -0.269. The summed E-state index contributed by atoms with van der Waals surface area (Å²) in [6.45, 7) is 0. The van der Waals surface area contributed by atoms with E-state index in [1.54, 1.807) is 50.8 Å². The Balaban J connectivity index is 1.45. The van der Waals surface area contributed by atoms with E-state index in [-0.39, 0.29) is 5.91 Å². The minimum Gasteiger partial charge on any atom is -0.493 e. The summed E-state index contributed by atoms with van der Waals surface area (Å²) in [7, 11) is 3.14. The van der Waals surface area contributed by atoms with Crippen LogP contribution in [0.2, 0.25) is 0 Å². The van der Waals surface area contributed by atoms with Gasteiger partial charge in [-0.2, -0.15) is 4.98 Å². The van der Waals surface area contributed by atoms with Crippen molar-refractivity contribution in [1.29, 1.82) is 0 Å². The van der Waals surface area contributed by atoms with Crippen LogP contribution in [0.3, 0.4) is 0 Å². The first-order chi connectivity index (χ1) is 15.7. The van der Waals surface area contributed by atoms with Gasteiger partial charge in [0.15, 0.2) is 17.3 Å². The van der Waals surface area contributed by atoms with Gasteiger partial charge in [-0.05, 0) is 47.5 Å². The lowest BCUT2D eigenvalue weighted by atomic mass is 10.1. The van der Waals surface area contributed by atoms with Gasteiger partial charge in [-0.3, -0.25) is 4.79 Å². The Hall–Kier alpha value is -4.33. The lowest BCUT2D eigenvalue weighted by Crippen LogP contribution is -2.10. The van der Waals surface area contributed by atoms with E-state index in [4.69, 9.17) is 18.4 Å². The number of nitrogens with zero attached hydrogens (tertiary/aromatic N) is 2. The fourth-order valence-electron chi connectivity index (χ4n) is 3.09. The fraction of sp³-hybridized carbons (Fsp3) is 0.125. The molecule has 0 aliphatic heterocycles. The average molecular weight is 431 g/mol. The SMILES string of the molecule is COc1ccc(/C=C/C(=O)Nc2ccccc2Cc2nc(-c3ccco3)no2)cc1OC. The van der Waals surface area contributed by atoms with Crippen LogP contribution in [-0.4, -0.2) is 30.3 Å². The molecular formula is C24H21N3O5. The molecule has 1 N–H and O–H groups in total. The molecular weight excluding hydrogens is 410 g/mol. The average Bonchev–Trinajstić information content (AvgIpc) is 3.51. The van der Waals surface area contributed by atoms with E-state index in [1.807, 2.05) is 30.3 Å². The second-order valence-corrected chi connectivity index (χ2v) is 6.76. The van der Waals surface area contributed by atoms with E-state index >= 15 is 0 Å². The lowest BCUT2D eigenvalue weighted by molar-refractivity contribution is -0.111. The molecule has 0 atom stereocenters. The Morgan fingerprint density at radius 3 is 2.69 bits per heavy atom. The van der Waals surface area contributed by atoms with Gasteiger partial charge in [-0.1, -0.05) is 29.4 Å². The largest absolute Gasteiger partial charge is 0.493 e. The Morgan fingerprint density at radius 2 is 1.91 bits per heavy atom. The summed E-state index contributed by atoms with van der Waals surface area (Å²) in [5.74, 6) is 2.27. The van der Waals surface area contributed by atoms with Gasteiger partial charge in [0.1, 0.15) is 0 Å². The molecule has 0 saturated heterocycles. The van der Waals surface area contributed by atoms with Crippen molar-refractivity contribution < 1.29 is 23.2 Å². The predicted molar refractivity (Wildman–Crippen MR) is 118 cm³/mol. The molecule has 2 aromatic carbocycles. The molecule has 8 nitrogen and oxygen atoms in total. The van der Waals surface area contributed by atoms with Gasteiger partial charge in [0.25, 0.3) is 0 Å². The number of aromatic nitrogens is 2. The molecule has 4 aromatic rings. The van der Waals surface area contributed by atoms with Crippen molar-refractivity contribution in [1.82, 2.24) is 10.1 Å². The molecule has 8 heteroatoms. The Kier molecular flexibility index (Phi) is 6.31. The molecule has 0 bridgehead atoms. The maximum absolute atomic E-state index is 12.5. The van der Waals surface area contributed by atoms with Crippen LogP contribution in [0.1, 0.15) is 17.0 Å². The van der Waals surface area contributed by atoms with Crippen molar-refractivity contribution >= 4 is 17.7 Å². The standard InChI is InChI=1S/C24H21N3O5/c1-29-19-11-9-16(14-21(19)30-2)10-12-22(28)25-18-7-4-3-6-17(18)15-23-26-24(27-32-23)20-8-5-13-31-20/h3-14H,15H2,1-2H3,(H,25,28)/b12-10+. The Labute approximate surface area is 184 Å². The predicted octanol–water partition coefficient (Wildman–Crippen LogP) is 4.59. The van der Waals surface area contributed by atoms with Gasteiger partial charge in [-0.15, -0.1) is 0 Å². The highest BCUT2D eigenvalue weighted by atomic mass is 16.5. The van der Waals surface area contributed by atoms with Crippen molar-refractivity contribution in [2.45, 2.75) is 6.42 Å².